The Morgan fingerprint density at radius 3 is 2.24 bits per heavy atom. The van der Waals surface area contributed by atoms with E-state index in [0.717, 1.165) is 0 Å². The van der Waals surface area contributed by atoms with E-state index in [9.17, 15) is 0 Å². The number of unbranched alkanes of at least 4 members (excludes halogenated alkanes) is 3. The van der Waals surface area contributed by atoms with Gasteiger partial charge in [0.25, 0.3) is 0 Å². The lowest BCUT2D eigenvalue weighted by Crippen LogP contribution is -2.58. The number of likely N-dealkylation sites (N-methyl/N-ethyl adjacent to an activating group) is 1. The summed E-state index contributed by atoms with van der Waals surface area (Å²) in [6.07, 6.45) is 13.3. The van der Waals surface area contributed by atoms with Gasteiger partial charge >= 0.3 is 0 Å². The summed E-state index contributed by atoms with van der Waals surface area (Å²) < 4.78 is 0. The zero-order chi connectivity index (χ0) is 12.7. The number of rotatable bonds is 7. The van der Waals surface area contributed by atoms with E-state index in [2.05, 4.69) is 25.9 Å². The van der Waals surface area contributed by atoms with E-state index < -0.39 is 0 Å². The molecule has 0 saturated heterocycles. The lowest BCUT2D eigenvalue weighted by Gasteiger charge is -2.47. The van der Waals surface area contributed by atoms with Crippen LogP contribution in [0.4, 0.5) is 0 Å². The van der Waals surface area contributed by atoms with Gasteiger partial charge in [-0.25, -0.2) is 0 Å². The van der Waals surface area contributed by atoms with Crippen LogP contribution >= 0.6 is 0 Å². The molecule has 1 aliphatic rings. The van der Waals surface area contributed by atoms with Crippen LogP contribution in [0, 0.1) is 0 Å². The van der Waals surface area contributed by atoms with Crippen LogP contribution < -0.4 is 5.73 Å². The first-order chi connectivity index (χ1) is 8.13. The molecule has 1 saturated carbocycles. The smallest absolute Gasteiger partial charge is 0.0354 e. The Kier molecular flexibility index (Phi) is 6.50. The lowest BCUT2D eigenvalue weighted by molar-refractivity contribution is 0.0675. The van der Waals surface area contributed by atoms with E-state index in [0.29, 0.717) is 11.6 Å². The molecule has 0 aromatic rings. The summed E-state index contributed by atoms with van der Waals surface area (Å²) in [6.45, 7) is 2.27. The highest BCUT2D eigenvalue weighted by Crippen LogP contribution is 2.35. The predicted octanol–water partition coefficient (Wildman–Crippen LogP) is 3.55. The molecule has 17 heavy (non-hydrogen) atoms. The topological polar surface area (TPSA) is 29.3 Å². The Labute approximate surface area is 108 Å². The maximum atomic E-state index is 6.52. The summed E-state index contributed by atoms with van der Waals surface area (Å²) in [5, 5.41) is 0. The molecule has 2 N–H and O–H groups in total. The summed E-state index contributed by atoms with van der Waals surface area (Å²) in [4.78, 5) is 2.41. The van der Waals surface area contributed by atoms with Crippen molar-refractivity contribution in [3.63, 3.8) is 0 Å². The molecular formula is C15H32N2. The first-order valence-electron chi connectivity index (χ1n) is 7.56. The van der Waals surface area contributed by atoms with Crippen molar-refractivity contribution in [1.82, 2.24) is 4.90 Å². The fourth-order valence-corrected chi connectivity index (χ4v) is 3.37. The van der Waals surface area contributed by atoms with Crippen molar-refractivity contribution in [1.29, 1.82) is 0 Å². The molecule has 0 spiro atoms. The van der Waals surface area contributed by atoms with E-state index >= 15 is 0 Å². The van der Waals surface area contributed by atoms with Crippen molar-refractivity contribution < 1.29 is 0 Å². The van der Waals surface area contributed by atoms with Gasteiger partial charge in [-0.3, -0.25) is 0 Å². The molecule has 0 amide bonds. The molecule has 0 aromatic carbocycles. The van der Waals surface area contributed by atoms with Crippen molar-refractivity contribution in [2.45, 2.75) is 82.7 Å². The predicted molar refractivity (Wildman–Crippen MR) is 76.2 cm³/mol. The zero-order valence-electron chi connectivity index (χ0n) is 12.2. The van der Waals surface area contributed by atoms with Crippen LogP contribution in [0.25, 0.3) is 0 Å². The highest BCUT2D eigenvalue weighted by Gasteiger charge is 2.39. The molecular weight excluding hydrogens is 208 g/mol. The van der Waals surface area contributed by atoms with Gasteiger partial charge in [-0.1, -0.05) is 51.9 Å². The third-order valence-electron chi connectivity index (χ3n) is 4.67. The third kappa shape index (κ3) is 3.96. The fraction of sp³-hybridized carbons (Fsp3) is 1.00. The van der Waals surface area contributed by atoms with E-state index in [-0.39, 0.29) is 0 Å². The first kappa shape index (κ1) is 15.0. The lowest BCUT2D eigenvalue weighted by atomic mass is 9.74. The van der Waals surface area contributed by atoms with Gasteiger partial charge in [-0.2, -0.15) is 0 Å². The van der Waals surface area contributed by atoms with Gasteiger partial charge in [-0.05, 0) is 33.4 Å². The highest BCUT2D eigenvalue weighted by atomic mass is 15.2. The van der Waals surface area contributed by atoms with E-state index in [1.807, 2.05) is 0 Å². The maximum absolute atomic E-state index is 6.52. The van der Waals surface area contributed by atoms with Crippen molar-refractivity contribution in [2.24, 2.45) is 5.73 Å². The summed E-state index contributed by atoms with van der Waals surface area (Å²) in [7, 11) is 4.44. The standard InChI is InChI=1S/C15H32N2/c1-4-5-6-8-11-14(16)15(17(2)3)12-9-7-10-13-15/h14H,4-13,16H2,1-3H3. The third-order valence-corrected chi connectivity index (χ3v) is 4.67. The average molecular weight is 240 g/mol. The van der Waals surface area contributed by atoms with Crippen LogP contribution in [0.2, 0.25) is 0 Å². The van der Waals surface area contributed by atoms with Crippen LogP contribution in [-0.4, -0.2) is 30.6 Å². The number of hydrogen-bond donors (Lipinski definition) is 1. The SMILES string of the molecule is CCCCCCC(N)C1(N(C)C)CCCCC1. The Bertz CT molecular complexity index is 195. The van der Waals surface area contributed by atoms with Gasteiger partial charge in [0, 0.05) is 11.6 Å². The molecule has 0 aromatic heterocycles. The second-order valence-corrected chi connectivity index (χ2v) is 6.01. The Hall–Kier alpha value is -0.0800. The molecule has 102 valence electrons. The van der Waals surface area contributed by atoms with Gasteiger partial charge in [0.15, 0.2) is 0 Å². The monoisotopic (exact) mass is 240 g/mol. The Balaban J connectivity index is 2.45. The first-order valence-corrected chi connectivity index (χ1v) is 7.56. The van der Waals surface area contributed by atoms with Gasteiger partial charge in [0.05, 0.1) is 0 Å². The number of nitrogens with zero attached hydrogens (tertiary/aromatic N) is 1. The Morgan fingerprint density at radius 2 is 1.71 bits per heavy atom. The molecule has 0 heterocycles. The Morgan fingerprint density at radius 1 is 1.06 bits per heavy atom. The quantitative estimate of drug-likeness (QED) is 0.690. The summed E-state index contributed by atoms with van der Waals surface area (Å²) >= 11 is 0. The minimum Gasteiger partial charge on any atom is -0.326 e. The molecule has 2 heteroatoms. The van der Waals surface area contributed by atoms with Crippen molar-refractivity contribution in [3.8, 4) is 0 Å². The van der Waals surface area contributed by atoms with E-state index in [1.54, 1.807) is 0 Å². The molecule has 1 unspecified atom stereocenters. The molecule has 0 bridgehead atoms. The van der Waals surface area contributed by atoms with Gasteiger partial charge in [0.1, 0.15) is 0 Å². The molecule has 1 rings (SSSR count). The number of nitrogens with two attached hydrogens (primary N) is 1. The van der Waals surface area contributed by atoms with Crippen LogP contribution in [0.3, 0.4) is 0 Å². The molecule has 0 radical (unpaired) electrons. The summed E-state index contributed by atoms with van der Waals surface area (Å²) in [6, 6.07) is 0.370. The summed E-state index contributed by atoms with van der Waals surface area (Å²) in [5.74, 6) is 0. The summed E-state index contributed by atoms with van der Waals surface area (Å²) in [5.41, 5.74) is 6.82. The van der Waals surface area contributed by atoms with Gasteiger partial charge < -0.3 is 10.6 Å². The van der Waals surface area contributed by atoms with Crippen LogP contribution in [-0.2, 0) is 0 Å². The van der Waals surface area contributed by atoms with E-state index in [1.165, 1.54) is 64.2 Å². The largest absolute Gasteiger partial charge is 0.326 e. The van der Waals surface area contributed by atoms with Crippen LogP contribution in [0.5, 0.6) is 0 Å². The van der Waals surface area contributed by atoms with Crippen LogP contribution in [0.15, 0.2) is 0 Å². The van der Waals surface area contributed by atoms with Gasteiger partial charge in [0.2, 0.25) is 0 Å². The van der Waals surface area contributed by atoms with Crippen molar-refractivity contribution >= 4 is 0 Å². The fourth-order valence-electron chi connectivity index (χ4n) is 3.37. The van der Waals surface area contributed by atoms with Crippen molar-refractivity contribution in [3.05, 3.63) is 0 Å². The second kappa shape index (κ2) is 7.38. The van der Waals surface area contributed by atoms with E-state index in [4.69, 9.17) is 5.73 Å². The van der Waals surface area contributed by atoms with Gasteiger partial charge in [-0.15, -0.1) is 0 Å². The second-order valence-electron chi connectivity index (χ2n) is 6.01. The highest BCUT2D eigenvalue weighted by molar-refractivity contribution is 4.98. The zero-order valence-corrected chi connectivity index (χ0v) is 12.2. The minimum atomic E-state index is 0.296. The maximum Gasteiger partial charge on any atom is 0.0354 e. The normalized spacial score (nSPS) is 21.7. The minimum absolute atomic E-state index is 0.296. The molecule has 1 atom stereocenters. The molecule has 0 aliphatic heterocycles. The molecule has 2 nitrogen and oxygen atoms in total. The van der Waals surface area contributed by atoms with Crippen molar-refractivity contribution in [2.75, 3.05) is 14.1 Å². The number of hydrogen-bond acceptors (Lipinski definition) is 2. The molecule has 1 fully saturated rings. The van der Waals surface area contributed by atoms with Crippen LogP contribution in [0.1, 0.15) is 71.1 Å². The average Bonchev–Trinajstić information content (AvgIpc) is 2.35. The molecule has 1 aliphatic carbocycles.